The zero-order valence-electron chi connectivity index (χ0n) is 14.6. The average Bonchev–Trinajstić information content (AvgIpc) is 2.63. The van der Waals surface area contributed by atoms with Gasteiger partial charge in [0.05, 0.1) is 0 Å². The van der Waals surface area contributed by atoms with Gasteiger partial charge in [0.15, 0.2) is 0 Å². The summed E-state index contributed by atoms with van der Waals surface area (Å²) in [6, 6.07) is 17.4. The molecule has 0 saturated heterocycles. The van der Waals surface area contributed by atoms with Crippen LogP contribution in [0.5, 0.6) is 0 Å². The zero-order valence-corrected chi connectivity index (χ0v) is 17.7. The number of sulfone groups is 1. The fourth-order valence-electron chi connectivity index (χ4n) is 2.48. The molecule has 134 valence electrons. The maximum absolute atomic E-state index is 13.2. The summed E-state index contributed by atoms with van der Waals surface area (Å²) in [6.07, 6.45) is 1.07. The number of benzene rings is 2. The predicted molar refractivity (Wildman–Crippen MR) is 103 cm³/mol. The maximum atomic E-state index is 13.2. The molecule has 2 aromatic carbocycles. The molecule has 0 fully saturated rings. The van der Waals surface area contributed by atoms with Gasteiger partial charge in [-0.05, 0) is 0 Å². The van der Waals surface area contributed by atoms with Crippen molar-refractivity contribution in [3.05, 3.63) is 74.8 Å². The molecule has 0 aliphatic rings. The third-order valence-electron chi connectivity index (χ3n) is 3.87. The van der Waals surface area contributed by atoms with Crippen LogP contribution in [0.1, 0.15) is 38.4 Å². The first-order valence-electron chi connectivity index (χ1n) is 8.35. The van der Waals surface area contributed by atoms with Gasteiger partial charge in [-0.1, -0.05) is 0 Å². The summed E-state index contributed by atoms with van der Waals surface area (Å²) in [6.45, 7) is 4.01. The first-order valence-corrected chi connectivity index (χ1v) is 12.6. The van der Waals surface area contributed by atoms with Crippen molar-refractivity contribution in [2.24, 2.45) is 0 Å². The van der Waals surface area contributed by atoms with E-state index >= 15 is 0 Å². The Bertz CT molecular complexity index is 799. The molecule has 2 aromatic rings. The van der Waals surface area contributed by atoms with Crippen LogP contribution in [0.3, 0.4) is 0 Å². The third kappa shape index (κ3) is 5.18. The molecule has 0 aliphatic carbocycles. The SMILES string of the molecule is CCCC[Te]/C(C)=C(/C(O)c1ccccc1)S(=O)(=O)c1ccccc1. The van der Waals surface area contributed by atoms with Crippen LogP contribution in [0.25, 0.3) is 0 Å². The summed E-state index contributed by atoms with van der Waals surface area (Å²) in [5.41, 5.74) is 0.610. The van der Waals surface area contributed by atoms with Crippen molar-refractivity contribution in [3.8, 4) is 0 Å². The number of allylic oxidation sites excluding steroid dienone is 1. The van der Waals surface area contributed by atoms with Crippen molar-refractivity contribution in [3.63, 3.8) is 0 Å². The van der Waals surface area contributed by atoms with Gasteiger partial charge in [-0.2, -0.15) is 0 Å². The summed E-state index contributed by atoms with van der Waals surface area (Å²) in [5, 5.41) is 10.9. The van der Waals surface area contributed by atoms with Crippen LogP contribution < -0.4 is 0 Å². The Morgan fingerprint density at radius 3 is 2.16 bits per heavy atom. The molecule has 0 aliphatic heterocycles. The number of unbranched alkanes of at least 4 members (excludes halogenated alkanes) is 1. The molecule has 0 amide bonds. The van der Waals surface area contributed by atoms with E-state index in [-0.39, 0.29) is 9.80 Å². The monoisotopic (exact) mass is 474 g/mol. The van der Waals surface area contributed by atoms with Crippen LogP contribution in [0.4, 0.5) is 0 Å². The van der Waals surface area contributed by atoms with Gasteiger partial charge in [-0.3, -0.25) is 0 Å². The number of aliphatic hydroxyl groups is 1. The van der Waals surface area contributed by atoms with E-state index in [4.69, 9.17) is 0 Å². The first-order chi connectivity index (χ1) is 12.0. The van der Waals surface area contributed by atoms with E-state index in [0.717, 1.165) is 20.9 Å². The molecule has 0 saturated carbocycles. The van der Waals surface area contributed by atoms with Crippen LogP contribution in [-0.4, -0.2) is 34.4 Å². The standard InChI is InChI=1S/C20H24O3STe/c1-3-4-15-25-16(2)20(19(21)17-11-7-5-8-12-17)24(22,23)18-13-9-6-10-14-18/h5-14,19,21H,3-4,15H2,1-2H3/b20-16-. The van der Waals surface area contributed by atoms with Crippen LogP contribution in [0, 0.1) is 0 Å². The average molecular weight is 472 g/mol. The third-order valence-corrected chi connectivity index (χ3v) is 9.54. The molecule has 0 heterocycles. The quantitative estimate of drug-likeness (QED) is 0.460. The van der Waals surface area contributed by atoms with Gasteiger partial charge >= 0.3 is 161 Å². The van der Waals surface area contributed by atoms with E-state index in [2.05, 4.69) is 6.92 Å². The van der Waals surface area contributed by atoms with Crippen molar-refractivity contribution in [1.29, 1.82) is 0 Å². The Morgan fingerprint density at radius 1 is 1.04 bits per heavy atom. The molecule has 0 bridgehead atoms. The molecule has 2 rings (SSSR count). The van der Waals surface area contributed by atoms with Gasteiger partial charge in [-0.25, -0.2) is 0 Å². The minimum atomic E-state index is -3.72. The first kappa shape index (κ1) is 20.2. The molecule has 1 unspecified atom stereocenters. The van der Waals surface area contributed by atoms with E-state index in [1.54, 1.807) is 42.5 Å². The number of aliphatic hydroxyl groups excluding tert-OH is 1. The van der Waals surface area contributed by atoms with Crippen LogP contribution in [0.15, 0.2) is 74.1 Å². The molecule has 3 nitrogen and oxygen atoms in total. The molecule has 5 heteroatoms. The second-order valence-corrected chi connectivity index (χ2v) is 11.4. The fraction of sp³-hybridized carbons (Fsp3) is 0.300. The van der Waals surface area contributed by atoms with Crippen LogP contribution in [0.2, 0.25) is 4.47 Å². The van der Waals surface area contributed by atoms with Gasteiger partial charge in [0, 0.05) is 0 Å². The van der Waals surface area contributed by atoms with Crippen LogP contribution >= 0.6 is 0 Å². The van der Waals surface area contributed by atoms with E-state index in [1.807, 2.05) is 25.1 Å². The summed E-state index contributed by atoms with van der Waals surface area (Å²) >= 11 is -0.626. The molecular formula is C20H24O3STe. The van der Waals surface area contributed by atoms with Crippen molar-refractivity contribution < 1.29 is 13.5 Å². The second kappa shape index (κ2) is 9.54. The molecule has 1 N–H and O–H groups in total. The Labute approximate surface area is 160 Å². The normalized spacial score (nSPS) is 14.0. The minimum absolute atomic E-state index is 0.170. The summed E-state index contributed by atoms with van der Waals surface area (Å²) < 4.78 is 28.4. The van der Waals surface area contributed by atoms with Crippen molar-refractivity contribution in [1.82, 2.24) is 0 Å². The molecule has 1 atom stereocenters. The van der Waals surface area contributed by atoms with Crippen LogP contribution in [-0.2, 0) is 9.84 Å². The molecule has 0 spiro atoms. The Balaban J connectivity index is 2.51. The van der Waals surface area contributed by atoms with Gasteiger partial charge in [0.25, 0.3) is 0 Å². The van der Waals surface area contributed by atoms with Crippen molar-refractivity contribution in [2.45, 2.75) is 42.2 Å². The topological polar surface area (TPSA) is 54.4 Å². The summed E-state index contributed by atoms with van der Waals surface area (Å²) in [7, 11) is -3.72. The Hall–Kier alpha value is -1.12. The van der Waals surface area contributed by atoms with Crippen molar-refractivity contribution >= 4 is 30.8 Å². The summed E-state index contributed by atoms with van der Waals surface area (Å²) in [4.78, 5) is 0.408. The molecule has 0 aromatic heterocycles. The predicted octanol–water partition coefficient (Wildman–Crippen LogP) is 4.35. The fourth-order valence-corrected chi connectivity index (χ4v) is 8.23. The molecular weight excluding hydrogens is 448 g/mol. The summed E-state index contributed by atoms with van der Waals surface area (Å²) in [5.74, 6) is 0. The van der Waals surface area contributed by atoms with Gasteiger partial charge < -0.3 is 0 Å². The second-order valence-electron chi connectivity index (χ2n) is 5.75. The Morgan fingerprint density at radius 2 is 1.60 bits per heavy atom. The van der Waals surface area contributed by atoms with Crippen molar-refractivity contribution in [2.75, 3.05) is 0 Å². The van der Waals surface area contributed by atoms with E-state index in [9.17, 15) is 13.5 Å². The molecule has 0 radical (unpaired) electrons. The molecule has 25 heavy (non-hydrogen) atoms. The Kier molecular flexibility index (Phi) is 7.71. The number of hydrogen-bond acceptors (Lipinski definition) is 3. The van der Waals surface area contributed by atoms with E-state index in [1.165, 1.54) is 0 Å². The van der Waals surface area contributed by atoms with E-state index < -0.39 is 36.9 Å². The number of hydrogen-bond donors (Lipinski definition) is 1. The zero-order chi connectivity index (χ0) is 18.3. The number of rotatable bonds is 8. The van der Waals surface area contributed by atoms with E-state index in [0.29, 0.717) is 5.56 Å². The van der Waals surface area contributed by atoms with Gasteiger partial charge in [0.1, 0.15) is 0 Å². The van der Waals surface area contributed by atoms with Gasteiger partial charge in [-0.15, -0.1) is 0 Å². The van der Waals surface area contributed by atoms with Gasteiger partial charge in [0.2, 0.25) is 0 Å².